The highest BCUT2D eigenvalue weighted by atomic mass is 32.2. The third kappa shape index (κ3) is 3.60. The second-order valence-electron chi connectivity index (χ2n) is 6.98. The lowest BCUT2D eigenvalue weighted by Gasteiger charge is -2.14. The van der Waals surface area contributed by atoms with Crippen LogP contribution in [-0.2, 0) is 21.1 Å². The number of fused-ring (bicyclic) bond motifs is 1. The van der Waals surface area contributed by atoms with Gasteiger partial charge in [0.05, 0.1) is 11.3 Å². The Morgan fingerprint density at radius 3 is 2.52 bits per heavy atom. The Hall–Kier alpha value is -2.67. The zero-order chi connectivity index (χ0) is 19.0. The van der Waals surface area contributed by atoms with Gasteiger partial charge in [-0.15, -0.1) is 0 Å². The number of aromatic amines is 1. The van der Waals surface area contributed by atoms with Gasteiger partial charge in [0.2, 0.25) is 5.91 Å². The number of benzene rings is 1. The van der Waals surface area contributed by atoms with Gasteiger partial charge in [-0.1, -0.05) is 12.1 Å². The van der Waals surface area contributed by atoms with Gasteiger partial charge in [0.15, 0.2) is 9.84 Å². The van der Waals surface area contributed by atoms with Crippen LogP contribution in [0.15, 0.2) is 47.5 Å². The number of likely N-dealkylation sites (tertiary alicyclic amines) is 1. The monoisotopic (exact) mass is 383 g/mol. The van der Waals surface area contributed by atoms with Crippen molar-refractivity contribution in [1.29, 1.82) is 0 Å². The topological polar surface area (TPSA) is 83.1 Å². The Balaban J connectivity index is 1.66. The van der Waals surface area contributed by atoms with E-state index in [2.05, 4.69) is 9.97 Å². The van der Waals surface area contributed by atoms with Crippen LogP contribution in [-0.4, -0.2) is 48.5 Å². The highest BCUT2D eigenvalue weighted by molar-refractivity contribution is 7.90. The van der Waals surface area contributed by atoms with Crippen molar-refractivity contribution in [1.82, 2.24) is 14.9 Å². The molecule has 0 radical (unpaired) electrons. The lowest BCUT2D eigenvalue weighted by molar-refractivity contribution is -0.129. The van der Waals surface area contributed by atoms with Crippen LogP contribution in [0.1, 0.15) is 18.5 Å². The van der Waals surface area contributed by atoms with Crippen molar-refractivity contribution in [2.45, 2.75) is 24.2 Å². The number of amides is 1. The zero-order valence-electron chi connectivity index (χ0n) is 15.1. The minimum Gasteiger partial charge on any atom is -0.343 e. The first-order valence-electron chi connectivity index (χ1n) is 8.97. The molecule has 3 aromatic rings. The molecule has 7 heteroatoms. The largest absolute Gasteiger partial charge is 0.343 e. The molecule has 0 aliphatic carbocycles. The number of carbonyl (C=O) groups is 1. The van der Waals surface area contributed by atoms with Crippen LogP contribution >= 0.6 is 0 Å². The molecule has 1 amide bonds. The summed E-state index contributed by atoms with van der Waals surface area (Å²) < 4.78 is 23.3. The van der Waals surface area contributed by atoms with Gasteiger partial charge in [0, 0.05) is 36.6 Å². The molecule has 0 atom stereocenters. The van der Waals surface area contributed by atoms with E-state index in [1.54, 1.807) is 30.5 Å². The summed E-state index contributed by atoms with van der Waals surface area (Å²) in [5.74, 6) is 0.137. The fourth-order valence-electron chi connectivity index (χ4n) is 3.55. The average Bonchev–Trinajstić information content (AvgIpc) is 3.30. The number of nitrogens with one attached hydrogen (secondary N) is 1. The summed E-state index contributed by atoms with van der Waals surface area (Å²) in [6, 6.07) is 10.7. The van der Waals surface area contributed by atoms with Gasteiger partial charge in [-0.25, -0.2) is 13.4 Å². The molecule has 4 rings (SSSR count). The van der Waals surface area contributed by atoms with E-state index in [1.807, 2.05) is 17.0 Å². The van der Waals surface area contributed by atoms with Gasteiger partial charge < -0.3 is 9.88 Å². The number of pyridine rings is 1. The molecular formula is C20H21N3O3S. The van der Waals surface area contributed by atoms with Crippen molar-refractivity contribution in [3.05, 3.63) is 48.3 Å². The normalized spacial score (nSPS) is 14.8. The minimum absolute atomic E-state index is 0.137. The lowest BCUT2D eigenvalue weighted by Crippen LogP contribution is -2.29. The smallest absolute Gasteiger partial charge is 0.228 e. The molecule has 1 aliphatic heterocycles. The number of hydrogen-bond donors (Lipinski definition) is 1. The van der Waals surface area contributed by atoms with Crippen molar-refractivity contribution >= 4 is 26.8 Å². The van der Waals surface area contributed by atoms with Crippen LogP contribution in [0.25, 0.3) is 22.2 Å². The summed E-state index contributed by atoms with van der Waals surface area (Å²) in [5, 5.41) is 0.925. The number of aromatic nitrogens is 2. The number of rotatable bonds is 4. The van der Waals surface area contributed by atoms with Crippen molar-refractivity contribution in [2.24, 2.45) is 0 Å². The van der Waals surface area contributed by atoms with E-state index < -0.39 is 9.84 Å². The molecule has 1 N–H and O–H groups in total. The first-order chi connectivity index (χ1) is 12.9. The molecule has 0 saturated carbocycles. The standard InChI is InChI=1S/C20H21N3O3S/c1-27(25,26)16-6-4-14(5-7-16)17-8-9-21-20-18(17)12-15(22-20)13-19(24)23-10-2-3-11-23/h4-9,12H,2-3,10-11,13H2,1H3,(H,21,22). The predicted octanol–water partition coefficient (Wildman–Crippen LogP) is 2.80. The Kier molecular flexibility index (Phi) is 4.47. The van der Waals surface area contributed by atoms with E-state index >= 15 is 0 Å². The molecule has 1 aliphatic rings. The van der Waals surface area contributed by atoms with E-state index in [-0.39, 0.29) is 5.91 Å². The van der Waals surface area contributed by atoms with E-state index in [4.69, 9.17) is 0 Å². The van der Waals surface area contributed by atoms with E-state index in [1.165, 1.54) is 6.26 Å². The molecule has 1 aromatic carbocycles. The maximum atomic E-state index is 12.4. The van der Waals surface area contributed by atoms with E-state index in [0.717, 1.165) is 53.8 Å². The van der Waals surface area contributed by atoms with Crippen molar-refractivity contribution in [2.75, 3.05) is 19.3 Å². The molecule has 1 fully saturated rings. The number of sulfone groups is 1. The van der Waals surface area contributed by atoms with Crippen molar-refractivity contribution in [3.8, 4) is 11.1 Å². The molecular weight excluding hydrogens is 362 g/mol. The SMILES string of the molecule is CS(=O)(=O)c1ccc(-c2ccnc3[nH]c(CC(=O)N4CCCC4)cc23)cc1. The summed E-state index contributed by atoms with van der Waals surface area (Å²) in [6.45, 7) is 1.69. The molecule has 0 unspecified atom stereocenters. The Labute approximate surface area is 158 Å². The Bertz CT molecular complexity index is 1100. The predicted molar refractivity (Wildman–Crippen MR) is 104 cm³/mol. The molecule has 6 nitrogen and oxygen atoms in total. The number of hydrogen-bond acceptors (Lipinski definition) is 4. The maximum Gasteiger partial charge on any atom is 0.228 e. The van der Waals surface area contributed by atoms with Gasteiger partial charge in [-0.3, -0.25) is 4.79 Å². The highest BCUT2D eigenvalue weighted by Gasteiger charge is 2.19. The third-order valence-electron chi connectivity index (χ3n) is 4.98. The van der Waals surface area contributed by atoms with Crippen LogP contribution in [0, 0.1) is 0 Å². The lowest BCUT2D eigenvalue weighted by atomic mass is 10.0. The minimum atomic E-state index is -3.22. The molecule has 140 valence electrons. The second kappa shape index (κ2) is 6.81. The number of carbonyl (C=O) groups excluding carboxylic acids is 1. The average molecular weight is 383 g/mol. The summed E-state index contributed by atoms with van der Waals surface area (Å²) in [4.78, 5) is 22.2. The molecule has 2 aromatic heterocycles. The number of nitrogens with zero attached hydrogens (tertiary/aromatic N) is 2. The van der Waals surface area contributed by atoms with E-state index in [0.29, 0.717) is 11.3 Å². The first-order valence-corrected chi connectivity index (χ1v) is 10.9. The molecule has 0 bridgehead atoms. The third-order valence-corrected chi connectivity index (χ3v) is 6.11. The Morgan fingerprint density at radius 1 is 1.15 bits per heavy atom. The Morgan fingerprint density at radius 2 is 1.85 bits per heavy atom. The van der Waals surface area contributed by atoms with Crippen molar-refractivity contribution in [3.63, 3.8) is 0 Å². The quantitative estimate of drug-likeness (QED) is 0.751. The first kappa shape index (κ1) is 17.7. The van der Waals surface area contributed by atoms with Gasteiger partial charge >= 0.3 is 0 Å². The van der Waals surface area contributed by atoms with Gasteiger partial charge in [0.25, 0.3) is 0 Å². The maximum absolute atomic E-state index is 12.4. The van der Waals surface area contributed by atoms with Crippen molar-refractivity contribution < 1.29 is 13.2 Å². The van der Waals surface area contributed by atoms with Crippen LogP contribution in [0.4, 0.5) is 0 Å². The molecule has 27 heavy (non-hydrogen) atoms. The highest BCUT2D eigenvalue weighted by Crippen LogP contribution is 2.29. The van der Waals surface area contributed by atoms with Crippen LogP contribution in [0.3, 0.4) is 0 Å². The van der Waals surface area contributed by atoms with Gasteiger partial charge in [-0.2, -0.15) is 0 Å². The van der Waals surface area contributed by atoms with Crippen LogP contribution < -0.4 is 0 Å². The van der Waals surface area contributed by atoms with Crippen LogP contribution in [0.5, 0.6) is 0 Å². The summed E-state index contributed by atoms with van der Waals surface area (Å²) in [5.41, 5.74) is 3.43. The van der Waals surface area contributed by atoms with Gasteiger partial charge in [-0.05, 0) is 48.2 Å². The summed E-state index contributed by atoms with van der Waals surface area (Å²) >= 11 is 0. The summed E-state index contributed by atoms with van der Waals surface area (Å²) in [6.07, 6.45) is 5.40. The molecule has 0 spiro atoms. The fourth-order valence-corrected chi connectivity index (χ4v) is 4.18. The zero-order valence-corrected chi connectivity index (χ0v) is 15.9. The second-order valence-corrected chi connectivity index (χ2v) is 8.99. The number of H-pyrrole nitrogens is 1. The molecule has 1 saturated heterocycles. The van der Waals surface area contributed by atoms with Crippen LogP contribution in [0.2, 0.25) is 0 Å². The van der Waals surface area contributed by atoms with Gasteiger partial charge in [0.1, 0.15) is 5.65 Å². The summed E-state index contributed by atoms with van der Waals surface area (Å²) in [7, 11) is -3.22. The molecule has 3 heterocycles. The van der Waals surface area contributed by atoms with E-state index in [9.17, 15) is 13.2 Å². The fraction of sp³-hybridized carbons (Fsp3) is 0.300.